The van der Waals surface area contributed by atoms with Gasteiger partial charge in [-0.1, -0.05) is 11.6 Å². The summed E-state index contributed by atoms with van der Waals surface area (Å²) in [5, 5.41) is 11.8. The van der Waals surface area contributed by atoms with Crippen LogP contribution in [0.3, 0.4) is 0 Å². The molecule has 7 heteroatoms. The van der Waals surface area contributed by atoms with Crippen LogP contribution in [0.4, 0.5) is 5.69 Å². The molecule has 2 N–H and O–H groups in total. The van der Waals surface area contributed by atoms with Crippen molar-refractivity contribution in [2.45, 2.75) is 0 Å². The van der Waals surface area contributed by atoms with Crippen LogP contribution >= 0.6 is 11.6 Å². The maximum Gasteiger partial charge on any atom is 0.337 e. The van der Waals surface area contributed by atoms with Crippen LogP contribution in [-0.4, -0.2) is 29.1 Å². The Morgan fingerprint density at radius 1 is 1.29 bits per heavy atom. The predicted molar refractivity (Wildman–Crippen MR) is 77.2 cm³/mol. The SMILES string of the molecule is COc1ccc(C(=O)O)c(NC(=O)c2ccncc2Cl)c1. The van der Waals surface area contributed by atoms with Gasteiger partial charge in [-0.05, 0) is 18.2 Å². The third-order valence-electron chi connectivity index (χ3n) is 2.72. The smallest absolute Gasteiger partial charge is 0.337 e. The van der Waals surface area contributed by atoms with Crippen LogP contribution in [0.5, 0.6) is 5.75 Å². The number of carbonyl (C=O) groups is 2. The molecule has 0 spiro atoms. The van der Waals surface area contributed by atoms with Crippen LogP contribution < -0.4 is 10.1 Å². The second kappa shape index (κ2) is 6.23. The standard InChI is InChI=1S/C14H11ClN2O4/c1-21-8-2-3-10(14(19)20)12(6-8)17-13(18)9-4-5-16-7-11(9)15/h2-7H,1H3,(H,17,18)(H,19,20). The van der Waals surface area contributed by atoms with Crippen LogP contribution in [-0.2, 0) is 0 Å². The van der Waals surface area contributed by atoms with Gasteiger partial charge in [-0.15, -0.1) is 0 Å². The number of hydrogen-bond donors (Lipinski definition) is 2. The molecule has 2 rings (SSSR count). The van der Waals surface area contributed by atoms with Crippen molar-refractivity contribution in [1.82, 2.24) is 4.98 Å². The maximum absolute atomic E-state index is 12.2. The molecule has 0 aliphatic rings. The predicted octanol–water partition coefficient (Wildman–Crippen LogP) is 2.69. The minimum Gasteiger partial charge on any atom is -0.497 e. The Morgan fingerprint density at radius 2 is 2.05 bits per heavy atom. The molecule has 1 heterocycles. The van der Waals surface area contributed by atoms with E-state index in [1.165, 1.54) is 43.8 Å². The van der Waals surface area contributed by atoms with Crippen molar-refractivity contribution in [2.24, 2.45) is 0 Å². The number of nitrogens with zero attached hydrogens (tertiary/aromatic N) is 1. The van der Waals surface area contributed by atoms with Gasteiger partial charge in [0, 0.05) is 18.5 Å². The molecule has 6 nitrogen and oxygen atoms in total. The van der Waals surface area contributed by atoms with E-state index in [9.17, 15) is 9.59 Å². The zero-order valence-electron chi connectivity index (χ0n) is 11.0. The van der Waals surface area contributed by atoms with E-state index in [1.807, 2.05) is 0 Å². The van der Waals surface area contributed by atoms with E-state index in [-0.39, 0.29) is 21.8 Å². The highest BCUT2D eigenvalue weighted by Gasteiger charge is 2.16. The molecule has 0 fully saturated rings. The topological polar surface area (TPSA) is 88.5 Å². The van der Waals surface area contributed by atoms with E-state index in [2.05, 4.69) is 10.3 Å². The lowest BCUT2D eigenvalue weighted by Crippen LogP contribution is -2.15. The first-order valence-corrected chi connectivity index (χ1v) is 6.23. The zero-order chi connectivity index (χ0) is 15.4. The molecule has 1 amide bonds. The largest absolute Gasteiger partial charge is 0.497 e. The molecule has 2 aromatic rings. The first-order chi connectivity index (χ1) is 10.0. The highest BCUT2D eigenvalue weighted by atomic mass is 35.5. The van der Waals surface area contributed by atoms with Crippen molar-refractivity contribution in [1.29, 1.82) is 0 Å². The van der Waals surface area contributed by atoms with Gasteiger partial charge in [0.25, 0.3) is 5.91 Å². The normalized spacial score (nSPS) is 10.0. The van der Waals surface area contributed by atoms with Crippen molar-refractivity contribution in [3.63, 3.8) is 0 Å². The van der Waals surface area contributed by atoms with Crippen molar-refractivity contribution in [3.8, 4) is 5.75 Å². The number of amides is 1. The second-order valence-corrected chi connectivity index (χ2v) is 4.43. The van der Waals surface area contributed by atoms with E-state index in [1.54, 1.807) is 0 Å². The minimum atomic E-state index is -1.16. The lowest BCUT2D eigenvalue weighted by molar-refractivity contribution is 0.0698. The number of anilines is 1. The monoisotopic (exact) mass is 306 g/mol. The summed E-state index contributed by atoms with van der Waals surface area (Å²) in [4.78, 5) is 27.1. The molecule has 21 heavy (non-hydrogen) atoms. The highest BCUT2D eigenvalue weighted by Crippen LogP contribution is 2.24. The molecular formula is C14H11ClN2O4. The number of halogens is 1. The Kier molecular flexibility index (Phi) is 4.39. The Morgan fingerprint density at radius 3 is 2.67 bits per heavy atom. The van der Waals surface area contributed by atoms with Crippen molar-refractivity contribution in [3.05, 3.63) is 52.8 Å². The summed E-state index contributed by atoms with van der Waals surface area (Å²) in [5.41, 5.74) is 0.278. The molecule has 0 bridgehead atoms. The Labute approximate surface area is 125 Å². The number of rotatable bonds is 4. The Balaban J connectivity index is 2.36. The zero-order valence-corrected chi connectivity index (χ0v) is 11.7. The van der Waals surface area contributed by atoms with Crippen LogP contribution in [0, 0.1) is 0 Å². The summed E-state index contributed by atoms with van der Waals surface area (Å²) in [6.45, 7) is 0. The number of hydrogen-bond acceptors (Lipinski definition) is 4. The summed E-state index contributed by atoms with van der Waals surface area (Å²) in [7, 11) is 1.45. The minimum absolute atomic E-state index is 0.0469. The maximum atomic E-state index is 12.2. The lowest BCUT2D eigenvalue weighted by Gasteiger charge is -2.11. The fraction of sp³-hybridized carbons (Fsp3) is 0.0714. The fourth-order valence-corrected chi connectivity index (χ4v) is 1.89. The molecule has 0 radical (unpaired) electrons. The molecular weight excluding hydrogens is 296 g/mol. The first-order valence-electron chi connectivity index (χ1n) is 5.85. The third kappa shape index (κ3) is 3.29. The molecule has 0 aliphatic carbocycles. The van der Waals surface area contributed by atoms with Gasteiger partial charge < -0.3 is 15.2 Å². The van der Waals surface area contributed by atoms with E-state index < -0.39 is 11.9 Å². The van der Waals surface area contributed by atoms with Gasteiger partial charge in [0.1, 0.15) is 5.75 Å². The van der Waals surface area contributed by atoms with E-state index in [0.717, 1.165) is 0 Å². The Bertz CT molecular complexity index is 703. The van der Waals surface area contributed by atoms with Gasteiger partial charge >= 0.3 is 5.97 Å². The number of carbonyl (C=O) groups excluding carboxylic acids is 1. The average Bonchev–Trinajstić information content (AvgIpc) is 2.47. The third-order valence-corrected chi connectivity index (χ3v) is 3.02. The molecule has 0 saturated carbocycles. The lowest BCUT2D eigenvalue weighted by atomic mass is 10.1. The van der Waals surface area contributed by atoms with Crippen LogP contribution in [0.15, 0.2) is 36.7 Å². The van der Waals surface area contributed by atoms with Gasteiger partial charge in [0.2, 0.25) is 0 Å². The summed E-state index contributed by atoms with van der Waals surface area (Å²) in [5.74, 6) is -1.26. The molecule has 0 aliphatic heterocycles. The second-order valence-electron chi connectivity index (χ2n) is 4.03. The van der Waals surface area contributed by atoms with Crippen LogP contribution in [0.25, 0.3) is 0 Å². The summed E-state index contributed by atoms with van der Waals surface area (Å²) in [6, 6.07) is 5.72. The number of carboxylic acid groups (broad SMARTS) is 1. The molecule has 1 aromatic carbocycles. The van der Waals surface area contributed by atoms with Crippen LogP contribution in [0.1, 0.15) is 20.7 Å². The molecule has 0 saturated heterocycles. The van der Waals surface area contributed by atoms with E-state index in [4.69, 9.17) is 21.4 Å². The van der Waals surface area contributed by atoms with Gasteiger partial charge in [-0.2, -0.15) is 0 Å². The van der Waals surface area contributed by atoms with E-state index >= 15 is 0 Å². The molecule has 108 valence electrons. The van der Waals surface area contributed by atoms with Gasteiger partial charge in [-0.3, -0.25) is 9.78 Å². The van der Waals surface area contributed by atoms with Crippen LogP contribution in [0.2, 0.25) is 5.02 Å². The number of aromatic carboxylic acids is 1. The molecule has 0 atom stereocenters. The average molecular weight is 307 g/mol. The van der Waals surface area contributed by atoms with Crippen molar-refractivity contribution in [2.75, 3.05) is 12.4 Å². The number of carboxylic acids is 1. The molecule has 1 aromatic heterocycles. The van der Waals surface area contributed by atoms with Gasteiger partial charge in [-0.25, -0.2) is 4.79 Å². The van der Waals surface area contributed by atoms with Gasteiger partial charge in [0.15, 0.2) is 0 Å². The Hall–Kier alpha value is -2.60. The summed E-state index contributed by atoms with van der Waals surface area (Å²) >= 11 is 5.88. The number of methoxy groups -OCH3 is 1. The number of nitrogens with one attached hydrogen (secondary N) is 1. The number of benzene rings is 1. The quantitative estimate of drug-likeness (QED) is 0.906. The van der Waals surface area contributed by atoms with Crippen molar-refractivity contribution >= 4 is 29.2 Å². The molecule has 0 unspecified atom stereocenters. The fourth-order valence-electron chi connectivity index (χ4n) is 1.69. The number of pyridine rings is 1. The number of aromatic nitrogens is 1. The number of ether oxygens (including phenoxy) is 1. The summed E-state index contributed by atoms with van der Waals surface area (Å²) in [6.07, 6.45) is 2.75. The first kappa shape index (κ1) is 14.8. The van der Waals surface area contributed by atoms with Crippen molar-refractivity contribution < 1.29 is 19.4 Å². The van der Waals surface area contributed by atoms with E-state index in [0.29, 0.717) is 5.75 Å². The van der Waals surface area contributed by atoms with Gasteiger partial charge in [0.05, 0.1) is 28.9 Å². The summed E-state index contributed by atoms with van der Waals surface area (Å²) < 4.78 is 5.02. The highest BCUT2D eigenvalue weighted by molar-refractivity contribution is 6.34.